The molecule has 26 heteroatoms. The van der Waals surface area contributed by atoms with E-state index in [9.17, 15) is 78.6 Å². The van der Waals surface area contributed by atoms with Crippen LogP contribution in [0.15, 0.2) is 72.8 Å². The number of aromatic hydroxyl groups is 3. The number of phenolic OH excluding ortho intramolecular Hbond substituents is 3. The van der Waals surface area contributed by atoms with Gasteiger partial charge in [-0.2, -0.15) is 0 Å². The maximum Gasteiger partial charge on any atom is 0.243 e. The van der Waals surface area contributed by atoms with E-state index >= 15 is 0 Å². The number of methoxy groups -OCH3 is 1. The quantitative estimate of drug-likeness (QED) is 0.0368. The minimum atomic E-state index is -2.48. The summed E-state index contributed by atoms with van der Waals surface area (Å²) in [5.41, 5.74) is -3.59. The van der Waals surface area contributed by atoms with Crippen molar-refractivity contribution in [3.63, 3.8) is 0 Å². The van der Waals surface area contributed by atoms with Crippen LogP contribution in [0.5, 0.6) is 23.0 Å². The lowest BCUT2D eigenvalue weighted by Crippen LogP contribution is -2.61. The molecular formula is C66H81N7O19. The van der Waals surface area contributed by atoms with Crippen molar-refractivity contribution in [2.45, 2.75) is 166 Å². The molecule has 2 saturated heterocycles. The lowest BCUT2D eigenvalue weighted by atomic mass is 9.72. The predicted octanol–water partition coefficient (Wildman–Crippen LogP) is 1.51. The molecular weight excluding hydrogens is 1190 g/mol. The number of likely N-dealkylation sites (tertiary alicyclic amines) is 1. The summed E-state index contributed by atoms with van der Waals surface area (Å²) in [7, 11) is 1.27. The maximum absolute atomic E-state index is 14.8. The Bertz CT molecular complexity index is 3470. The van der Waals surface area contributed by atoms with Gasteiger partial charge in [0, 0.05) is 62.3 Å². The van der Waals surface area contributed by atoms with Gasteiger partial charge in [0.1, 0.15) is 71.5 Å². The summed E-state index contributed by atoms with van der Waals surface area (Å²) in [5.74, 6) is -9.71. The minimum absolute atomic E-state index is 0.000155. The van der Waals surface area contributed by atoms with Crippen molar-refractivity contribution < 1.29 is 92.8 Å². The highest BCUT2D eigenvalue weighted by Gasteiger charge is 2.51. The van der Waals surface area contributed by atoms with Gasteiger partial charge in [-0.3, -0.25) is 47.9 Å². The number of ketones is 3. The zero-order chi connectivity index (χ0) is 67.0. The highest BCUT2D eigenvalue weighted by Crippen LogP contribution is 2.52. The van der Waals surface area contributed by atoms with Gasteiger partial charge < -0.3 is 81.7 Å². The lowest BCUT2D eigenvalue weighted by Gasteiger charge is -2.43. The van der Waals surface area contributed by atoms with Gasteiger partial charge in [-0.05, 0) is 73.8 Å². The zero-order valence-electron chi connectivity index (χ0n) is 52.3. The molecule has 0 radical (unpaired) electrons. The summed E-state index contributed by atoms with van der Waals surface area (Å²) in [6.07, 6.45) is -6.51. The van der Waals surface area contributed by atoms with Gasteiger partial charge >= 0.3 is 0 Å². The first-order chi connectivity index (χ1) is 43.6. The standard InChI is InChI=1S/C66H81N7O19/c1-32(2)23-42(72-65(88)46-16-12-22-73(46)35(6)75)61(84)67-30-50(78)68-44(25-36-13-9-8-10-14-36)63(86)71-45(26-37-18-20-38(76)21-19-37)64(87)70-43(24-33(3)4)62(85)69-41-27-51(91-34(5)56(41)79)92-48-29-66(89,49(77)31-74)28-40-53(48)60(83)55-54(58(40)81)57(80)39-15-11-17-47(90-7)52(39)59(55)82/h8-11,13-15,17-21,32-34,41-46,48,51,56,74,76,79,81,83,89H,12,16,22-31H2,1-7H3,(H,67,84)(H,68,78)(H,69,85)(H,70,87)(H,71,86)(H,72,88)/t34-,41-,42-,43-,44-,45-,46-,48-,51-,56+,66-/m0/s1. The van der Waals surface area contributed by atoms with E-state index in [1.165, 1.54) is 68.3 Å². The minimum Gasteiger partial charge on any atom is -0.508 e. The van der Waals surface area contributed by atoms with Crippen molar-refractivity contribution in [3.8, 4) is 23.0 Å². The number of rotatable bonds is 25. The first-order valence-electron chi connectivity index (χ1n) is 30.7. The van der Waals surface area contributed by atoms with Crippen LogP contribution in [0.2, 0.25) is 0 Å². The van der Waals surface area contributed by atoms with Crippen LogP contribution in [0.4, 0.5) is 0 Å². The van der Waals surface area contributed by atoms with E-state index in [0.29, 0.717) is 30.5 Å². The number of benzene rings is 4. The fourth-order valence-electron chi connectivity index (χ4n) is 12.4. The molecule has 92 heavy (non-hydrogen) atoms. The molecule has 2 fully saturated rings. The van der Waals surface area contributed by atoms with Crippen LogP contribution in [0.25, 0.3) is 0 Å². The third-order valence-electron chi connectivity index (χ3n) is 17.1. The molecule has 2 aliphatic heterocycles. The fourth-order valence-corrected chi connectivity index (χ4v) is 12.4. The van der Waals surface area contributed by atoms with E-state index < -0.39 is 168 Å². The Morgan fingerprint density at radius 1 is 0.728 bits per heavy atom. The number of aliphatic hydroxyl groups excluding tert-OH is 2. The normalized spacial score (nSPS) is 22.2. The molecule has 0 bridgehead atoms. The molecule has 8 rings (SSSR count). The van der Waals surface area contributed by atoms with E-state index in [1.807, 2.05) is 13.8 Å². The largest absolute Gasteiger partial charge is 0.508 e. The molecule has 7 amide bonds. The number of ether oxygens (including phenoxy) is 3. The number of fused-ring (bicyclic) bond motifs is 3. The van der Waals surface area contributed by atoms with Crippen LogP contribution >= 0.6 is 0 Å². The third kappa shape index (κ3) is 15.7. The third-order valence-corrected chi connectivity index (χ3v) is 17.1. The highest BCUT2D eigenvalue weighted by molar-refractivity contribution is 6.31. The number of carbonyl (C=O) groups excluding carboxylic acids is 10. The number of nitrogens with zero attached hydrogens (tertiary/aromatic N) is 1. The van der Waals surface area contributed by atoms with E-state index in [4.69, 9.17) is 14.2 Å². The van der Waals surface area contributed by atoms with Crippen LogP contribution < -0.4 is 36.6 Å². The summed E-state index contributed by atoms with van der Waals surface area (Å²) in [5, 5.41) is 83.8. The average Bonchev–Trinajstić information content (AvgIpc) is 1.53. The Morgan fingerprint density at radius 2 is 1.34 bits per heavy atom. The van der Waals surface area contributed by atoms with E-state index in [-0.39, 0.29) is 83.6 Å². The van der Waals surface area contributed by atoms with Crippen molar-refractivity contribution >= 4 is 58.7 Å². The van der Waals surface area contributed by atoms with Crippen molar-refractivity contribution in [2.24, 2.45) is 11.8 Å². The molecule has 0 spiro atoms. The monoisotopic (exact) mass is 1280 g/mol. The van der Waals surface area contributed by atoms with Crippen LogP contribution in [-0.4, -0.2) is 181 Å². The van der Waals surface area contributed by atoms with Crippen molar-refractivity contribution in [1.82, 2.24) is 36.8 Å². The molecule has 0 saturated carbocycles. The molecule has 0 unspecified atom stereocenters. The second-order valence-corrected chi connectivity index (χ2v) is 24.8. The van der Waals surface area contributed by atoms with E-state index in [1.54, 1.807) is 44.2 Å². The fraction of sp³-hybridized carbons (Fsp3) is 0.485. The molecule has 26 nitrogen and oxygen atoms in total. The van der Waals surface area contributed by atoms with Crippen molar-refractivity contribution in [2.75, 3.05) is 26.8 Å². The van der Waals surface area contributed by atoms with Crippen LogP contribution in [-0.2, 0) is 67.1 Å². The predicted molar refractivity (Wildman–Crippen MR) is 328 cm³/mol. The number of amides is 7. The number of hydrogen-bond donors (Lipinski definition) is 12. The second kappa shape index (κ2) is 29.6. The maximum atomic E-state index is 14.8. The van der Waals surface area contributed by atoms with Gasteiger partial charge in [0.2, 0.25) is 47.1 Å². The van der Waals surface area contributed by atoms with Crippen LogP contribution in [0, 0.1) is 11.8 Å². The van der Waals surface area contributed by atoms with Gasteiger partial charge in [-0.25, -0.2) is 0 Å². The topological polar surface area (TPSA) is 395 Å². The van der Waals surface area contributed by atoms with Gasteiger partial charge in [0.05, 0.1) is 48.6 Å². The zero-order valence-corrected chi connectivity index (χ0v) is 52.3. The molecule has 4 aliphatic rings. The number of Topliss-reactive ketones (excluding diaryl/α,β-unsaturated/α-hetero) is 1. The Hall–Kier alpha value is -8.82. The Balaban J connectivity index is 1.00. The first-order valence-corrected chi connectivity index (χ1v) is 30.7. The number of phenols is 3. The molecule has 11 atom stereocenters. The van der Waals surface area contributed by atoms with Gasteiger partial charge in [-0.15, -0.1) is 0 Å². The summed E-state index contributed by atoms with van der Waals surface area (Å²) >= 11 is 0. The lowest BCUT2D eigenvalue weighted by molar-refractivity contribution is -0.249. The second-order valence-electron chi connectivity index (χ2n) is 24.8. The van der Waals surface area contributed by atoms with Crippen molar-refractivity contribution in [3.05, 3.63) is 117 Å². The van der Waals surface area contributed by atoms with Crippen LogP contribution in [0.3, 0.4) is 0 Å². The summed E-state index contributed by atoms with van der Waals surface area (Å²) in [6, 6.07) is 11.4. The summed E-state index contributed by atoms with van der Waals surface area (Å²) in [4.78, 5) is 140. The molecule has 2 heterocycles. The number of carbonyl (C=O) groups is 10. The van der Waals surface area contributed by atoms with E-state index in [2.05, 4.69) is 31.9 Å². The molecule has 4 aromatic carbocycles. The molecule has 494 valence electrons. The van der Waals surface area contributed by atoms with Gasteiger partial charge in [0.15, 0.2) is 17.9 Å². The smallest absolute Gasteiger partial charge is 0.243 e. The Morgan fingerprint density at radius 3 is 1.96 bits per heavy atom. The summed E-state index contributed by atoms with van der Waals surface area (Å²) < 4.78 is 17.8. The van der Waals surface area contributed by atoms with Crippen LogP contribution in [0.1, 0.15) is 140 Å². The molecule has 4 aromatic rings. The van der Waals surface area contributed by atoms with Gasteiger partial charge in [0.25, 0.3) is 0 Å². The highest BCUT2D eigenvalue weighted by atomic mass is 16.7. The van der Waals surface area contributed by atoms with E-state index in [0.717, 1.165) is 0 Å². The Kier molecular flexibility index (Phi) is 22.3. The molecule has 0 aromatic heterocycles. The Labute approximate surface area is 531 Å². The SMILES string of the molecule is COc1cccc2c1C(=O)c1c(O)c3c(c(O)c1C2=O)C[C@@](O)(C(=O)CO)C[C@@H]3O[C@H]1C[C@H](NC(=O)[C@H](CC(C)C)NC(=O)[C@H](Cc2ccc(O)cc2)NC(=O)[C@H](Cc2ccccc2)NC(=O)CNC(=O)[C@H](CC(C)C)NC(=O)[C@@H]2CCCN2C(C)=O)[C@H](O)[C@H](C)O1. The number of hydrogen-bond acceptors (Lipinski definition) is 19. The number of aliphatic hydroxyl groups is 3. The van der Waals surface area contributed by atoms with Gasteiger partial charge in [-0.1, -0.05) is 82.3 Å². The van der Waals surface area contributed by atoms with Crippen molar-refractivity contribution in [1.29, 1.82) is 0 Å². The summed E-state index contributed by atoms with van der Waals surface area (Å²) in [6.45, 7) is 8.69. The number of nitrogens with one attached hydrogen (secondary N) is 6. The first kappa shape index (κ1) is 69.1. The molecule has 12 N–H and O–H groups in total. The molecule has 2 aliphatic carbocycles. The average molecular weight is 1280 g/mol.